The third-order valence-electron chi connectivity index (χ3n) is 3.49. The van der Waals surface area contributed by atoms with E-state index in [1.807, 2.05) is 0 Å². The molecule has 0 fully saturated rings. The van der Waals surface area contributed by atoms with Crippen LogP contribution in [0.15, 0.2) is 0 Å². The highest BCUT2D eigenvalue weighted by atomic mass is 16.3. The molecule has 0 aromatic carbocycles. The van der Waals surface area contributed by atoms with Crippen LogP contribution in [0.3, 0.4) is 0 Å². The van der Waals surface area contributed by atoms with Crippen LogP contribution in [0.2, 0.25) is 0 Å². The summed E-state index contributed by atoms with van der Waals surface area (Å²) in [6.45, 7) is 16.0. The van der Waals surface area contributed by atoms with Gasteiger partial charge in [0.25, 0.3) is 0 Å². The van der Waals surface area contributed by atoms with Crippen molar-refractivity contribution in [2.75, 3.05) is 32.8 Å². The molecular weight excluding hydrogens is 236 g/mol. The summed E-state index contributed by atoms with van der Waals surface area (Å²) in [7, 11) is 0. The van der Waals surface area contributed by atoms with Gasteiger partial charge >= 0.3 is 0 Å². The monoisotopic (exact) mass is 272 g/mol. The first-order chi connectivity index (χ1) is 8.99. The molecule has 0 saturated carbocycles. The average Bonchev–Trinajstić information content (AvgIpc) is 2.32. The summed E-state index contributed by atoms with van der Waals surface area (Å²) in [6.07, 6.45) is 3.37. The summed E-state index contributed by atoms with van der Waals surface area (Å²) in [4.78, 5) is 2.57. The van der Waals surface area contributed by atoms with Gasteiger partial charge in [0.1, 0.15) is 0 Å². The molecule has 0 rings (SSSR count). The molecule has 3 nitrogen and oxygen atoms in total. The van der Waals surface area contributed by atoms with Crippen molar-refractivity contribution in [2.45, 2.75) is 59.9 Å². The third kappa shape index (κ3) is 11.4. The van der Waals surface area contributed by atoms with E-state index in [1.54, 1.807) is 0 Å². The first-order valence-corrected chi connectivity index (χ1v) is 8.06. The van der Waals surface area contributed by atoms with E-state index >= 15 is 0 Å². The number of rotatable bonds is 12. The summed E-state index contributed by atoms with van der Waals surface area (Å²) in [5, 5.41) is 12.6. The minimum absolute atomic E-state index is 0.278. The van der Waals surface area contributed by atoms with Crippen LogP contribution in [0, 0.1) is 11.8 Å². The Morgan fingerprint density at radius 3 is 1.84 bits per heavy atom. The van der Waals surface area contributed by atoms with Crippen molar-refractivity contribution in [1.82, 2.24) is 10.2 Å². The first kappa shape index (κ1) is 18.9. The van der Waals surface area contributed by atoms with E-state index in [-0.39, 0.29) is 6.61 Å². The van der Waals surface area contributed by atoms with Gasteiger partial charge in [-0.15, -0.1) is 0 Å². The lowest BCUT2D eigenvalue weighted by Gasteiger charge is -2.29. The molecule has 1 atom stereocenters. The molecule has 0 heterocycles. The Kier molecular flexibility index (Phi) is 11.6. The zero-order valence-corrected chi connectivity index (χ0v) is 13.8. The molecule has 19 heavy (non-hydrogen) atoms. The lowest BCUT2D eigenvalue weighted by atomic mass is 10.1. The van der Waals surface area contributed by atoms with Crippen LogP contribution in [-0.2, 0) is 0 Å². The molecular formula is C16H36N2O. The van der Waals surface area contributed by atoms with Crippen LogP contribution >= 0.6 is 0 Å². The van der Waals surface area contributed by atoms with Crippen LogP contribution in [0.4, 0.5) is 0 Å². The second-order valence-electron chi connectivity index (χ2n) is 6.43. The highest BCUT2D eigenvalue weighted by Crippen LogP contribution is 2.08. The molecule has 0 saturated heterocycles. The molecule has 0 aromatic rings. The number of aliphatic hydroxyl groups excluding tert-OH is 1. The molecule has 0 aliphatic carbocycles. The Bertz CT molecular complexity index is 177. The van der Waals surface area contributed by atoms with E-state index < -0.39 is 0 Å². The van der Waals surface area contributed by atoms with Crippen LogP contribution in [0.25, 0.3) is 0 Å². The standard InChI is InChI=1S/C16H36N2O/c1-6-17-16(9-12-19)13-18(10-7-14(2)3)11-8-15(4)5/h14-17,19H,6-13H2,1-5H3. The summed E-state index contributed by atoms with van der Waals surface area (Å²) < 4.78 is 0. The number of hydrogen-bond acceptors (Lipinski definition) is 3. The maximum Gasteiger partial charge on any atom is 0.0446 e. The van der Waals surface area contributed by atoms with Crippen molar-refractivity contribution in [2.24, 2.45) is 11.8 Å². The maximum absolute atomic E-state index is 9.15. The van der Waals surface area contributed by atoms with E-state index in [4.69, 9.17) is 5.11 Å². The minimum atomic E-state index is 0.278. The normalized spacial score (nSPS) is 13.7. The van der Waals surface area contributed by atoms with Gasteiger partial charge in [-0.05, 0) is 50.7 Å². The lowest BCUT2D eigenvalue weighted by molar-refractivity contribution is 0.195. The quantitative estimate of drug-likeness (QED) is 0.573. The van der Waals surface area contributed by atoms with Crippen molar-refractivity contribution in [3.05, 3.63) is 0 Å². The molecule has 2 N–H and O–H groups in total. The fourth-order valence-electron chi connectivity index (χ4n) is 2.19. The molecule has 0 amide bonds. The van der Waals surface area contributed by atoms with E-state index in [0.29, 0.717) is 6.04 Å². The fraction of sp³-hybridized carbons (Fsp3) is 1.00. The molecule has 0 aliphatic heterocycles. The largest absolute Gasteiger partial charge is 0.396 e. The van der Waals surface area contributed by atoms with Crippen LogP contribution < -0.4 is 5.32 Å². The third-order valence-corrected chi connectivity index (χ3v) is 3.49. The zero-order chi connectivity index (χ0) is 14.7. The van der Waals surface area contributed by atoms with Gasteiger partial charge in [-0.2, -0.15) is 0 Å². The predicted octanol–water partition coefficient (Wildman–Crippen LogP) is 2.74. The Morgan fingerprint density at radius 1 is 0.947 bits per heavy atom. The van der Waals surface area contributed by atoms with Gasteiger partial charge in [0.2, 0.25) is 0 Å². The number of hydrogen-bond donors (Lipinski definition) is 2. The topological polar surface area (TPSA) is 35.5 Å². The molecule has 116 valence electrons. The number of nitrogens with one attached hydrogen (secondary N) is 1. The SMILES string of the molecule is CCNC(CCO)CN(CCC(C)C)CCC(C)C. The number of aliphatic hydroxyl groups is 1. The van der Waals surface area contributed by atoms with Crippen LogP contribution in [0.1, 0.15) is 53.9 Å². The van der Waals surface area contributed by atoms with E-state index in [0.717, 1.165) is 31.3 Å². The van der Waals surface area contributed by atoms with Crippen LogP contribution in [-0.4, -0.2) is 48.8 Å². The summed E-state index contributed by atoms with van der Waals surface area (Å²) >= 11 is 0. The Hall–Kier alpha value is -0.120. The van der Waals surface area contributed by atoms with Gasteiger partial charge in [-0.1, -0.05) is 34.6 Å². The van der Waals surface area contributed by atoms with Crippen molar-refractivity contribution >= 4 is 0 Å². The summed E-state index contributed by atoms with van der Waals surface area (Å²) in [6, 6.07) is 0.425. The van der Waals surface area contributed by atoms with Gasteiger partial charge < -0.3 is 15.3 Å². The lowest BCUT2D eigenvalue weighted by Crippen LogP contribution is -2.42. The van der Waals surface area contributed by atoms with Crippen molar-refractivity contribution in [3.63, 3.8) is 0 Å². The molecule has 0 spiro atoms. The highest BCUT2D eigenvalue weighted by Gasteiger charge is 2.13. The molecule has 0 aromatic heterocycles. The van der Waals surface area contributed by atoms with E-state index in [1.165, 1.54) is 25.9 Å². The maximum atomic E-state index is 9.15. The first-order valence-electron chi connectivity index (χ1n) is 8.06. The molecule has 3 heteroatoms. The highest BCUT2D eigenvalue weighted by molar-refractivity contribution is 4.72. The number of nitrogens with zero attached hydrogens (tertiary/aromatic N) is 1. The molecule has 0 bridgehead atoms. The summed E-state index contributed by atoms with van der Waals surface area (Å²) in [5.74, 6) is 1.52. The Balaban J connectivity index is 4.25. The van der Waals surface area contributed by atoms with Gasteiger partial charge in [-0.3, -0.25) is 0 Å². The van der Waals surface area contributed by atoms with Gasteiger partial charge in [0, 0.05) is 19.2 Å². The molecule has 0 aliphatic rings. The average molecular weight is 272 g/mol. The van der Waals surface area contributed by atoms with Gasteiger partial charge in [-0.25, -0.2) is 0 Å². The second-order valence-corrected chi connectivity index (χ2v) is 6.43. The smallest absolute Gasteiger partial charge is 0.0446 e. The molecule has 1 unspecified atom stereocenters. The van der Waals surface area contributed by atoms with Crippen molar-refractivity contribution < 1.29 is 5.11 Å². The Morgan fingerprint density at radius 2 is 1.47 bits per heavy atom. The minimum Gasteiger partial charge on any atom is -0.396 e. The van der Waals surface area contributed by atoms with E-state index in [9.17, 15) is 0 Å². The zero-order valence-electron chi connectivity index (χ0n) is 13.8. The molecule has 0 radical (unpaired) electrons. The second kappa shape index (κ2) is 11.7. The predicted molar refractivity (Wildman–Crippen MR) is 84.5 cm³/mol. The fourth-order valence-corrected chi connectivity index (χ4v) is 2.19. The van der Waals surface area contributed by atoms with Crippen molar-refractivity contribution in [1.29, 1.82) is 0 Å². The Labute approximate surface area is 120 Å². The number of likely N-dealkylation sites (N-methyl/N-ethyl adjacent to an activating group) is 1. The van der Waals surface area contributed by atoms with Gasteiger partial charge in [0.05, 0.1) is 0 Å². The van der Waals surface area contributed by atoms with Gasteiger partial charge in [0.15, 0.2) is 0 Å². The van der Waals surface area contributed by atoms with Crippen molar-refractivity contribution in [3.8, 4) is 0 Å². The van der Waals surface area contributed by atoms with E-state index in [2.05, 4.69) is 44.8 Å². The van der Waals surface area contributed by atoms with Crippen LogP contribution in [0.5, 0.6) is 0 Å². The summed E-state index contributed by atoms with van der Waals surface area (Å²) in [5.41, 5.74) is 0.